The zero-order valence-electron chi connectivity index (χ0n) is 23.6. The number of amides is 2. The van der Waals surface area contributed by atoms with E-state index in [1.165, 1.54) is 4.90 Å². The van der Waals surface area contributed by atoms with Crippen LogP contribution in [0.15, 0.2) is 102 Å². The minimum atomic E-state index is -0.489. The first-order chi connectivity index (χ1) is 21.0. The van der Waals surface area contributed by atoms with Crippen LogP contribution in [-0.2, 0) is 14.3 Å². The first-order valence-electron chi connectivity index (χ1n) is 14.7. The maximum absolute atomic E-state index is 13.7. The number of aliphatic hydroxyl groups is 1. The number of aliphatic hydroxyl groups excluding tert-OH is 1. The van der Waals surface area contributed by atoms with E-state index in [9.17, 15) is 19.8 Å². The van der Waals surface area contributed by atoms with Gasteiger partial charge in [-0.15, -0.1) is 0 Å². The number of rotatable bonds is 7. The summed E-state index contributed by atoms with van der Waals surface area (Å²) in [5.74, 6) is -1.36. The van der Waals surface area contributed by atoms with E-state index in [0.717, 1.165) is 38.7 Å². The van der Waals surface area contributed by atoms with Gasteiger partial charge in [0.1, 0.15) is 5.75 Å². The van der Waals surface area contributed by atoms with Gasteiger partial charge in [-0.3, -0.25) is 19.5 Å². The molecule has 0 bridgehead atoms. The van der Waals surface area contributed by atoms with E-state index < -0.39 is 11.8 Å². The van der Waals surface area contributed by atoms with Crippen molar-refractivity contribution in [3.8, 4) is 5.75 Å². The number of fused-ring (bicyclic) bond motifs is 4. The maximum Gasteiger partial charge on any atom is 0.238 e. The van der Waals surface area contributed by atoms with E-state index in [0.29, 0.717) is 31.6 Å². The molecule has 2 saturated heterocycles. The van der Waals surface area contributed by atoms with Crippen molar-refractivity contribution in [1.29, 1.82) is 0 Å². The molecule has 2 N–H and O–H groups in total. The predicted octanol–water partition coefficient (Wildman–Crippen LogP) is 5.77. The molecule has 2 fully saturated rings. The predicted molar refractivity (Wildman–Crippen MR) is 165 cm³/mol. The molecular formula is C36H32N2O5. The van der Waals surface area contributed by atoms with E-state index >= 15 is 0 Å². The largest absolute Gasteiger partial charge is 0.507 e. The van der Waals surface area contributed by atoms with E-state index in [-0.39, 0.29) is 36.2 Å². The molecule has 0 radical (unpaired) electrons. The standard InChI is InChI=1S/C36H32N2O5/c39-20-24-19-28-34(36(42)38(35(28)41)25-8-2-1-3-9-25)29-21-43-32(33(24)29)16-14-23(30-12-6-7-17-37-30)18-22-13-15-31(40)27-11-5-4-10-26(22)27/h1-13,15,17-18,28-29,32,34,39-40H,14,16,19-21H2/b23-18-/t28-,29+,32-,34-/m1/s1. The number of aromatic hydroxyl groups is 1. The molecule has 0 saturated carbocycles. The highest BCUT2D eigenvalue weighted by Gasteiger charge is 2.57. The van der Waals surface area contributed by atoms with E-state index in [2.05, 4.69) is 11.1 Å². The first-order valence-corrected chi connectivity index (χ1v) is 14.7. The molecule has 3 heterocycles. The Labute approximate surface area is 249 Å². The summed E-state index contributed by atoms with van der Waals surface area (Å²) in [7, 11) is 0. The number of nitrogens with zero attached hydrogens (tertiary/aromatic N) is 2. The Balaban J connectivity index is 1.19. The van der Waals surface area contributed by atoms with Crippen LogP contribution in [0.1, 0.15) is 30.5 Å². The van der Waals surface area contributed by atoms with Crippen LogP contribution < -0.4 is 4.90 Å². The molecule has 7 rings (SSSR count). The van der Waals surface area contributed by atoms with Crippen LogP contribution in [-0.4, -0.2) is 46.3 Å². The number of hydrogen-bond acceptors (Lipinski definition) is 6. The van der Waals surface area contributed by atoms with Gasteiger partial charge in [-0.2, -0.15) is 0 Å². The Morgan fingerprint density at radius 2 is 1.67 bits per heavy atom. The third-order valence-corrected chi connectivity index (χ3v) is 9.15. The fourth-order valence-electron chi connectivity index (χ4n) is 7.18. The molecule has 7 heteroatoms. The highest BCUT2D eigenvalue weighted by molar-refractivity contribution is 6.22. The van der Waals surface area contributed by atoms with Crippen LogP contribution >= 0.6 is 0 Å². The number of carbonyl (C=O) groups is 2. The maximum atomic E-state index is 13.7. The molecule has 2 amide bonds. The number of allylic oxidation sites excluding steroid dienone is 1. The van der Waals surface area contributed by atoms with Gasteiger partial charge in [-0.05, 0) is 83.3 Å². The average Bonchev–Trinajstić information content (AvgIpc) is 3.58. The number of imide groups is 1. The minimum absolute atomic E-state index is 0.163. The molecule has 0 spiro atoms. The summed E-state index contributed by atoms with van der Waals surface area (Å²) in [6, 6.07) is 26.3. The second kappa shape index (κ2) is 11.2. The summed E-state index contributed by atoms with van der Waals surface area (Å²) in [6.45, 7) is 0.182. The number of pyridine rings is 1. The highest BCUT2D eigenvalue weighted by Crippen LogP contribution is 2.50. The highest BCUT2D eigenvalue weighted by atomic mass is 16.5. The lowest BCUT2D eigenvalue weighted by atomic mass is 9.69. The van der Waals surface area contributed by atoms with Crippen molar-refractivity contribution in [3.63, 3.8) is 0 Å². The Morgan fingerprint density at radius 1 is 0.907 bits per heavy atom. The normalized spacial score (nSPS) is 23.7. The monoisotopic (exact) mass is 572 g/mol. The fourth-order valence-corrected chi connectivity index (χ4v) is 7.18. The summed E-state index contributed by atoms with van der Waals surface area (Å²) in [4.78, 5) is 33.1. The number of phenols is 1. The average molecular weight is 573 g/mol. The zero-order chi connectivity index (χ0) is 29.5. The van der Waals surface area contributed by atoms with Crippen molar-refractivity contribution >= 4 is 39.9 Å². The smallest absolute Gasteiger partial charge is 0.238 e. The number of ether oxygens (including phenoxy) is 1. The third kappa shape index (κ3) is 4.75. The molecule has 4 atom stereocenters. The summed E-state index contributed by atoms with van der Waals surface area (Å²) >= 11 is 0. The quantitative estimate of drug-likeness (QED) is 0.215. The fraction of sp³-hybridized carbons (Fsp3) is 0.250. The second-order valence-electron chi connectivity index (χ2n) is 11.5. The molecule has 3 aliphatic rings. The molecule has 43 heavy (non-hydrogen) atoms. The SMILES string of the molecule is O=C1[C@@H]2[C@@H](CC(CO)=C3[C@@H](CC/C(=C/c4ccc(O)c5ccccc45)c4ccccn4)OC[C@@H]32)C(=O)N1c1ccccc1. The number of benzene rings is 3. The Morgan fingerprint density at radius 3 is 2.44 bits per heavy atom. The summed E-state index contributed by atoms with van der Waals surface area (Å²) in [5, 5.41) is 22.6. The summed E-state index contributed by atoms with van der Waals surface area (Å²) in [5.41, 5.74) is 5.23. The van der Waals surface area contributed by atoms with E-state index in [1.807, 2.05) is 66.7 Å². The number of anilines is 1. The van der Waals surface area contributed by atoms with Crippen molar-refractivity contribution < 1.29 is 24.5 Å². The first kappa shape index (κ1) is 27.3. The van der Waals surface area contributed by atoms with Gasteiger partial charge in [0.25, 0.3) is 0 Å². The molecule has 2 aliphatic heterocycles. The van der Waals surface area contributed by atoms with Crippen molar-refractivity contribution in [1.82, 2.24) is 4.98 Å². The van der Waals surface area contributed by atoms with Crippen LogP contribution in [0.2, 0.25) is 0 Å². The van der Waals surface area contributed by atoms with Gasteiger partial charge < -0.3 is 14.9 Å². The zero-order valence-corrected chi connectivity index (χ0v) is 23.6. The Kier molecular flexibility index (Phi) is 7.13. The van der Waals surface area contributed by atoms with Crippen molar-refractivity contribution in [3.05, 3.63) is 114 Å². The Bertz CT molecular complexity index is 1760. The van der Waals surface area contributed by atoms with E-state index in [1.54, 1.807) is 24.4 Å². The number of para-hydroxylation sites is 1. The minimum Gasteiger partial charge on any atom is -0.507 e. The summed E-state index contributed by atoms with van der Waals surface area (Å²) in [6.07, 6.45) is 5.26. The van der Waals surface area contributed by atoms with Crippen LogP contribution in [0.25, 0.3) is 22.4 Å². The molecule has 7 nitrogen and oxygen atoms in total. The third-order valence-electron chi connectivity index (χ3n) is 9.15. The van der Waals surface area contributed by atoms with Gasteiger partial charge in [0.05, 0.1) is 42.5 Å². The molecule has 1 aromatic heterocycles. The van der Waals surface area contributed by atoms with Crippen molar-refractivity contribution in [2.45, 2.75) is 25.4 Å². The van der Waals surface area contributed by atoms with Crippen LogP contribution in [0, 0.1) is 17.8 Å². The van der Waals surface area contributed by atoms with Gasteiger partial charge in [-0.1, -0.05) is 54.6 Å². The lowest BCUT2D eigenvalue weighted by Gasteiger charge is -2.31. The summed E-state index contributed by atoms with van der Waals surface area (Å²) < 4.78 is 6.36. The van der Waals surface area contributed by atoms with Crippen molar-refractivity contribution in [2.75, 3.05) is 18.1 Å². The molecule has 4 aromatic rings. The van der Waals surface area contributed by atoms with E-state index in [4.69, 9.17) is 4.74 Å². The molecular weight excluding hydrogens is 540 g/mol. The van der Waals surface area contributed by atoms with Gasteiger partial charge >= 0.3 is 0 Å². The van der Waals surface area contributed by atoms with Crippen LogP contribution in [0.4, 0.5) is 5.69 Å². The van der Waals surface area contributed by atoms with Gasteiger partial charge in [-0.25, -0.2) is 0 Å². The number of carbonyl (C=O) groups excluding carboxylic acids is 2. The van der Waals surface area contributed by atoms with Gasteiger partial charge in [0, 0.05) is 17.5 Å². The van der Waals surface area contributed by atoms with Gasteiger partial charge in [0.15, 0.2) is 0 Å². The topological polar surface area (TPSA) is 100.0 Å². The van der Waals surface area contributed by atoms with Gasteiger partial charge in [0.2, 0.25) is 11.8 Å². The van der Waals surface area contributed by atoms with Crippen LogP contribution in [0.5, 0.6) is 5.75 Å². The number of hydrogen-bond donors (Lipinski definition) is 2. The van der Waals surface area contributed by atoms with Crippen LogP contribution in [0.3, 0.4) is 0 Å². The number of phenolic OH excluding ortho intramolecular Hbond substituents is 1. The molecule has 0 unspecified atom stereocenters. The lowest BCUT2D eigenvalue weighted by Crippen LogP contribution is -2.35. The molecule has 1 aliphatic carbocycles. The Hall–Kier alpha value is -4.59. The number of aromatic nitrogens is 1. The lowest BCUT2D eigenvalue weighted by molar-refractivity contribution is -0.122. The molecule has 3 aromatic carbocycles. The second-order valence-corrected chi connectivity index (χ2v) is 11.5. The molecule has 216 valence electrons. The van der Waals surface area contributed by atoms with Crippen molar-refractivity contribution in [2.24, 2.45) is 17.8 Å².